The van der Waals surface area contributed by atoms with Crippen LogP contribution in [-0.2, 0) is 39.0 Å². The van der Waals surface area contributed by atoms with Crippen LogP contribution in [0.25, 0.3) is 0 Å². The standard InChI is InChI=1S/C24H38N6O10S3.K/c1-22(2,3)38-19(33)24(7,8)40-29-16(14-11-27-20(25)42-14)17(31)28-15-13(30(18(15)32)43(35,36)37)12-41-10-9-26-21(34)39-23(4,5)6;/h11,13,15H,9-10,12H2,1-8H3,(H2,25,27)(H,26,34)(H,28,31)(H,35,36,37);/q;+1/p-1/b29-16-;. The largest absolute Gasteiger partial charge is 1.00 e. The summed E-state index contributed by atoms with van der Waals surface area (Å²) >= 11 is 2.00. The molecule has 1 fully saturated rings. The Hall–Kier alpha value is -1.52. The van der Waals surface area contributed by atoms with Gasteiger partial charge in [-0.3, -0.25) is 9.59 Å². The first kappa shape index (κ1) is 40.5. The molecule has 2 atom stereocenters. The summed E-state index contributed by atoms with van der Waals surface area (Å²) in [6.45, 7) is 13.0. The first-order valence-corrected chi connectivity index (χ1v) is 16.2. The van der Waals surface area contributed by atoms with Crippen molar-refractivity contribution in [2.75, 3.05) is 23.8 Å². The maximum absolute atomic E-state index is 13.3. The molecule has 44 heavy (non-hydrogen) atoms. The first-order chi connectivity index (χ1) is 19.5. The number of rotatable bonds is 12. The van der Waals surface area contributed by atoms with Gasteiger partial charge in [0.05, 0.1) is 10.9 Å². The molecule has 20 heteroatoms. The maximum Gasteiger partial charge on any atom is 1.00 e. The van der Waals surface area contributed by atoms with Crippen molar-refractivity contribution >= 4 is 68.1 Å². The molecular weight excluding hydrogens is 668 g/mol. The van der Waals surface area contributed by atoms with Gasteiger partial charge in [0.15, 0.2) is 21.1 Å². The molecule has 2 rings (SSSR count). The third kappa shape index (κ3) is 12.3. The number of hydrogen-bond donors (Lipinski definition) is 3. The summed E-state index contributed by atoms with van der Waals surface area (Å²) in [5, 5.41) is 8.85. The van der Waals surface area contributed by atoms with E-state index in [1.165, 1.54) is 20.0 Å². The fourth-order valence-corrected chi connectivity index (χ4v) is 5.88. The van der Waals surface area contributed by atoms with Crippen LogP contribution >= 0.6 is 23.1 Å². The molecule has 4 N–H and O–H groups in total. The van der Waals surface area contributed by atoms with Gasteiger partial charge in [-0.25, -0.2) is 27.3 Å². The van der Waals surface area contributed by atoms with Gasteiger partial charge in [0.2, 0.25) is 5.60 Å². The monoisotopic (exact) mass is 704 g/mol. The molecule has 0 aromatic carbocycles. The number of anilines is 1. The molecule has 16 nitrogen and oxygen atoms in total. The maximum atomic E-state index is 13.3. The number of oxime groups is 1. The van der Waals surface area contributed by atoms with Gasteiger partial charge in [0, 0.05) is 24.2 Å². The molecule has 0 radical (unpaired) electrons. The molecule has 1 aromatic rings. The SMILES string of the molecule is CC(C)(C)OC(=O)NCCSCC1C(NC(=O)/C(=N\OC(C)(C)C(=O)OC(C)(C)C)c2cnc(N)s2)C(=O)N1S(=O)(=O)[O-].[K+]. The number of alkyl carbamates (subject to hydrolysis) is 1. The summed E-state index contributed by atoms with van der Waals surface area (Å²) in [5.74, 6) is -2.68. The number of hydrogen-bond acceptors (Lipinski definition) is 15. The van der Waals surface area contributed by atoms with Gasteiger partial charge >= 0.3 is 63.4 Å². The summed E-state index contributed by atoms with van der Waals surface area (Å²) in [5.41, 5.74) is 2.13. The van der Waals surface area contributed by atoms with Crippen LogP contribution in [0.3, 0.4) is 0 Å². The van der Waals surface area contributed by atoms with Crippen LogP contribution in [-0.4, -0.2) is 98.8 Å². The van der Waals surface area contributed by atoms with Crippen LogP contribution in [0.1, 0.15) is 60.3 Å². The Bertz CT molecular complexity index is 1350. The average molecular weight is 705 g/mol. The van der Waals surface area contributed by atoms with Crippen molar-refractivity contribution in [2.45, 2.75) is 84.3 Å². The summed E-state index contributed by atoms with van der Waals surface area (Å²) in [4.78, 5) is 59.7. The van der Waals surface area contributed by atoms with E-state index in [0.717, 1.165) is 23.1 Å². The minimum absolute atomic E-state index is 0. The topological polar surface area (TPSA) is 232 Å². The van der Waals surface area contributed by atoms with Crippen molar-refractivity contribution in [3.05, 3.63) is 11.1 Å². The minimum atomic E-state index is -5.18. The smallest absolute Gasteiger partial charge is 0.731 e. The third-order valence-corrected chi connectivity index (χ3v) is 7.96. The Morgan fingerprint density at radius 3 is 2.23 bits per heavy atom. The zero-order valence-electron chi connectivity index (χ0n) is 26.1. The number of carbonyl (C=O) groups is 4. The van der Waals surface area contributed by atoms with Gasteiger partial charge in [0.1, 0.15) is 17.2 Å². The molecule has 2 heterocycles. The normalized spacial score (nSPS) is 17.6. The number of thiazole rings is 1. The Balaban J connectivity index is 0.00000968. The number of thioether (sulfide) groups is 1. The van der Waals surface area contributed by atoms with Gasteiger partial charge in [-0.05, 0) is 55.4 Å². The first-order valence-electron chi connectivity index (χ1n) is 12.9. The number of aromatic nitrogens is 1. The van der Waals surface area contributed by atoms with Crippen LogP contribution in [0.15, 0.2) is 11.4 Å². The fraction of sp³-hybridized carbons (Fsp3) is 0.667. The van der Waals surface area contributed by atoms with Crippen LogP contribution in [0, 0.1) is 0 Å². The second-order valence-corrected chi connectivity index (χ2v) is 15.2. The van der Waals surface area contributed by atoms with Gasteiger partial charge in [0.25, 0.3) is 11.8 Å². The molecule has 1 saturated heterocycles. The van der Waals surface area contributed by atoms with Crippen LogP contribution in [0.2, 0.25) is 0 Å². The third-order valence-electron chi connectivity index (χ3n) is 5.13. The van der Waals surface area contributed by atoms with E-state index in [1.54, 1.807) is 41.5 Å². The number of carbonyl (C=O) groups excluding carboxylic acids is 4. The van der Waals surface area contributed by atoms with E-state index in [-0.39, 0.29) is 83.7 Å². The van der Waals surface area contributed by atoms with Gasteiger partial charge in [-0.1, -0.05) is 16.5 Å². The molecule has 1 aliphatic heterocycles. The number of nitrogens with one attached hydrogen (secondary N) is 2. The summed E-state index contributed by atoms with van der Waals surface area (Å²) < 4.78 is 45.9. The number of nitrogens with two attached hydrogens (primary N) is 1. The average Bonchev–Trinajstić information content (AvgIpc) is 3.24. The van der Waals surface area contributed by atoms with Crippen molar-refractivity contribution in [3.63, 3.8) is 0 Å². The van der Waals surface area contributed by atoms with Gasteiger partial charge in [-0.2, -0.15) is 11.8 Å². The van der Waals surface area contributed by atoms with Gasteiger partial charge < -0.3 is 35.2 Å². The van der Waals surface area contributed by atoms with Crippen molar-refractivity contribution in [2.24, 2.45) is 5.16 Å². The molecular formula is C24H37KN6O10S3. The van der Waals surface area contributed by atoms with Crippen molar-refractivity contribution in [1.29, 1.82) is 0 Å². The number of nitrogens with zero attached hydrogens (tertiary/aromatic N) is 3. The van der Waals surface area contributed by atoms with E-state index in [1.807, 2.05) is 0 Å². The summed E-state index contributed by atoms with van der Waals surface area (Å²) in [6.07, 6.45) is 0.581. The van der Waals surface area contributed by atoms with Crippen LogP contribution in [0.4, 0.5) is 9.93 Å². The van der Waals surface area contributed by atoms with E-state index in [9.17, 15) is 32.1 Å². The Morgan fingerprint density at radius 2 is 1.73 bits per heavy atom. The summed E-state index contributed by atoms with van der Waals surface area (Å²) in [7, 11) is -5.18. The minimum Gasteiger partial charge on any atom is -0.731 e. The molecule has 3 amide bonds. The van der Waals surface area contributed by atoms with Crippen molar-refractivity contribution in [1.82, 2.24) is 19.9 Å². The molecule has 0 spiro atoms. The Labute approximate surface area is 307 Å². The molecule has 0 bridgehead atoms. The quantitative estimate of drug-likeness (QED) is 0.0406. The Kier molecular flexibility index (Phi) is 14.6. The molecule has 1 aliphatic rings. The molecule has 2 unspecified atom stereocenters. The van der Waals surface area contributed by atoms with E-state index in [4.69, 9.17) is 20.0 Å². The van der Waals surface area contributed by atoms with E-state index >= 15 is 0 Å². The number of nitrogen functional groups attached to an aromatic ring is 1. The van der Waals surface area contributed by atoms with E-state index < -0.39 is 68.8 Å². The second-order valence-electron chi connectivity index (χ2n) is 11.7. The Morgan fingerprint density at radius 1 is 1.14 bits per heavy atom. The molecule has 0 saturated carbocycles. The fourth-order valence-electron chi connectivity index (χ4n) is 3.26. The molecule has 0 aliphatic carbocycles. The van der Waals surface area contributed by atoms with Crippen LogP contribution < -0.4 is 67.8 Å². The number of esters is 1. The number of β-lactam (4-membered cyclic amide) rings is 1. The summed E-state index contributed by atoms with van der Waals surface area (Å²) in [6, 6.07) is -2.63. The molecule has 1 aromatic heterocycles. The van der Waals surface area contributed by atoms with E-state index in [2.05, 4.69) is 20.8 Å². The number of amides is 3. The van der Waals surface area contributed by atoms with Gasteiger partial charge in [-0.15, -0.1) is 0 Å². The zero-order chi connectivity index (χ0) is 33.0. The zero-order valence-corrected chi connectivity index (χ0v) is 31.7. The van der Waals surface area contributed by atoms with Crippen molar-refractivity contribution in [3.8, 4) is 0 Å². The van der Waals surface area contributed by atoms with E-state index in [0.29, 0.717) is 0 Å². The van der Waals surface area contributed by atoms with Crippen molar-refractivity contribution < 1.29 is 97.8 Å². The number of ether oxygens (including phenoxy) is 2. The van der Waals surface area contributed by atoms with Crippen LogP contribution in [0.5, 0.6) is 0 Å². The second kappa shape index (κ2) is 15.9. The predicted molar refractivity (Wildman–Crippen MR) is 158 cm³/mol. The molecule has 242 valence electrons. The predicted octanol–water partition coefficient (Wildman–Crippen LogP) is -2.02.